The van der Waals surface area contributed by atoms with Gasteiger partial charge in [0, 0.05) is 107 Å². The van der Waals surface area contributed by atoms with Crippen molar-refractivity contribution in [3.05, 3.63) is 319 Å². The van der Waals surface area contributed by atoms with E-state index >= 15 is 0 Å². The molecule has 0 N–H and O–H groups in total. The van der Waals surface area contributed by atoms with Crippen LogP contribution in [0.5, 0.6) is 0 Å². The highest BCUT2D eigenvalue weighted by molar-refractivity contribution is 7.26. The average molecular weight is 1200 g/mol. The first-order valence-electron chi connectivity index (χ1n) is 30.6. The van der Waals surface area contributed by atoms with Crippen LogP contribution in [-0.2, 0) is 7.05 Å². The van der Waals surface area contributed by atoms with Crippen LogP contribution in [0, 0.1) is 34.6 Å². The molecule has 0 atom stereocenters. The molecule has 90 heavy (non-hydrogen) atoms. The molecule has 0 fully saturated rings. The molecule has 0 bridgehead atoms. The van der Waals surface area contributed by atoms with Crippen molar-refractivity contribution in [2.24, 2.45) is 7.05 Å². The number of aromatic nitrogens is 2. The Labute approximate surface area is 531 Å². The van der Waals surface area contributed by atoms with Crippen LogP contribution >= 0.6 is 22.7 Å². The van der Waals surface area contributed by atoms with E-state index in [1.807, 2.05) is 65.1 Å². The second kappa shape index (κ2) is 24.9. The number of thiophene rings is 2. The molecule has 0 radical (unpaired) electrons. The number of rotatable bonds is 1. The van der Waals surface area contributed by atoms with Gasteiger partial charge in [-0.3, -0.25) is 0 Å². The molecule has 13 aromatic carbocycles. The molecule has 0 aliphatic carbocycles. The Morgan fingerprint density at radius 1 is 0.267 bits per heavy atom. The number of furan rings is 2. The van der Waals surface area contributed by atoms with E-state index in [9.17, 15) is 0 Å². The number of nitrogens with zero attached hydrogens (tertiary/aromatic N) is 2. The number of hydrogen-bond donors (Lipinski definition) is 0. The zero-order valence-electron chi connectivity index (χ0n) is 51.2. The zero-order valence-corrected chi connectivity index (χ0v) is 52.9. The van der Waals surface area contributed by atoms with Gasteiger partial charge in [-0.25, -0.2) is 0 Å². The first kappa shape index (κ1) is 57.3. The molecule has 0 unspecified atom stereocenters. The van der Waals surface area contributed by atoms with Crippen LogP contribution in [0.25, 0.3) is 134 Å². The predicted octanol–water partition coefficient (Wildman–Crippen LogP) is 24.9. The highest BCUT2D eigenvalue weighted by atomic mass is 32.1. The Morgan fingerprint density at radius 3 is 1.36 bits per heavy atom. The molecule has 0 aliphatic heterocycles. The van der Waals surface area contributed by atoms with E-state index in [2.05, 4.69) is 300 Å². The maximum absolute atomic E-state index is 5.78. The van der Waals surface area contributed by atoms with Crippen molar-refractivity contribution in [3.8, 4) is 5.69 Å². The summed E-state index contributed by atoms with van der Waals surface area (Å²) in [4.78, 5) is 0. The van der Waals surface area contributed by atoms with Crippen molar-refractivity contribution >= 4 is 151 Å². The molecule has 0 spiro atoms. The van der Waals surface area contributed by atoms with Crippen LogP contribution in [0.3, 0.4) is 0 Å². The highest BCUT2D eigenvalue weighted by Gasteiger charge is 2.13. The van der Waals surface area contributed by atoms with Crippen LogP contribution in [0.15, 0.2) is 300 Å². The van der Waals surface area contributed by atoms with E-state index in [0.29, 0.717) is 0 Å². The average Bonchev–Trinajstić information content (AvgIpc) is 1.81. The molecule has 6 heteroatoms. The minimum Gasteiger partial charge on any atom is -0.456 e. The van der Waals surface area contributed by atoms with Gasteiger partial charge in [0.1, 0.15) is 22.3 Å². The first-order chi connectivity index (χ1) is 44.1. The third kappa shape index (κ3) is 11.2. The summed E-state index contributed by atoms with van der Waals surface area (Å²) in [5.41, 5.74) is 16.7. The molecule has 0 aliphatic rings. The van der Waals surface area contributed by atoms with Crippen LogP contribution in [0.4, 0.5) is 0 Å². The highest BCUT2D eigenvalue weighted by Crippen LogP contribution is 2.38. The van der Waals surface area contributed by atoms with Gasteiger partial charge >= 0.3 is 0 Å². The number of hydrogen-bond acceptors (Lipinski definition) is 4. The van der Waals surface area contributed by atoms with Crippen LogP contribution in [0.2, 0.25) is 0 Å². The third-order valence-electron chi connectivity index (χ3n) is 16.9. The lowest BCUT2D eigenvalue weighted by Crippen LogP contribution is -1.92. The lowest BCUT2D eigenvalue weighted by Gasteiger charge is -2.07. The molecule has 0 amide bonds. The summed E-state index contributed by atoms with van der Waals surface area (Å²) in [5, 5.41) is 15.7. The van der Waals surface area contributed by atoms with Crippen molar-refractivity contribution < 1.29 is 8.83 Å². The second-order valence-corrected chi connectivity index (χ2v) is 25.2. The molecule has 6 aromatic heterocycles. The maximum atomic E-state index is 5.78. The molecule has 0 saturated carbocycles. The van der Waals surface area contributed by atoms with Crippen LogP contribution in [-0.4, -0.2) is 9.13 Å². The van der Waals surface area contributed by atoms with Crippen molar-refractivity contribution in [3.63, 3.8) is 0 Å². The van der Waals surface area contributed by atoms with Gasteiger partial charge in [0.05, 0.1) is 11.0 Å². The van der Waals surface area contributed by atoms with Gasteiger partial charge in [0.2, 0.25) is 0 Å². The normalized spacial score (nSPS) is 11.2. The zero-order chi connectivity index (χ0) is 61.2. The van der Waals surface area contributed by atoms with Crippen molar-refractivity contribution in [2.45, 2.75) is 34.6 Å². The fraction of sp³-hybridized carbons (Fsp3) is 0.0714. The van der Waals surface area contributed by atoms with Crippen molar-refractivity contribution in [1.82, 2.24) is 9.13 Å². The first-order valence-corrected chi connectivity index (χ1v) is 32.2. The molecule has 436 valence electrons. The van der Waals surface area contributed by atoms with Gasteiger partial charge < -0.3 is 18.0 Å². The fourth-order valence-electron chi connectivity index (χ4n) is 12.5. The second-order valence-electron chi connectivity index (χ2n) is 23.1. The predicted molar refractivity (Wildman–Crippen MR) is 391 cm³/mol. The SMILES string of the molecule is Cc1ccc2c(c1)c1ccccc1n2-c1ccccc1.Cc1ccc2oc3ccccc3c2c1.Cc1ccc2sc3ccccc3c2c1.Cc1cccc2c1oc1ccccc12.Cc1cccc2c1sc1ccccc12.Cn1c2ccccc2c2ccccc21. The lowest BCUT2D eigenvalue weighted by atomic mass is 10.1. The van der Waals surface area contributed by atoms with Gasteiger partial charge in [-0.2, -0.15) is 0 Å². The molecular formula is C84H66N2O2S2. The molecule has 0 saturated heterocycles. The van der Waals surface area contributed by atoms with Gasteiger partial charge in [0.25, 0.3) is 0 Å². The molecule has 19 rings (SSSR count). The Balaban J connectivity index is 0.0000000948. The van der Waals surface area contributed by atoms with E-state index in [1.54, 1.807) is 0 Å². The van der Waals surface area contributed by atoms with Gasteiger partial charge in [0.15, 0.2) is 0 Å². The molecule has 6 heterocycles. The number of para-hydroxylation sites is 7. The minimum atomic E-state index is 0.966. The summed E-state index contributed by atoms with van der Waals surface area (Å²) in [6.07, 6.45) is 0. The van der Waals surface area contributed by atoms with Crippen molar-refractivity contribution in [2.75, 3.05) is 0 Å². The summed E-state index contributed by atoms with van der Waals surface area (Å²) in [6, 6.07) is 102. The lowest BCUT2D eigenvalue weighted by molar-refractivity contribution is 0.666. The summed E-state index contributed by atoms with van der Waals surface area (Å²) in [7, 11) is 2.12. The van der Waals surface area contributed by atoms with E-state index in [0.717, 1.165) is 22.3 Å². The van der Waals surface area contributed by atoms with Gasteiger partial charge in [-0.15, -0.1) is 22.7 Å². The fourth-order valence-corrected chi connectivity index (χ4v) is 14.8. The summed E-state index contributed by atoms with van der Waals surface area (Å²) < 4.78 is 21.6. The van der Waals surface area contributed by atoms with E-state index in [4.69, 9.17) is 8.83 Å². The maximum Gasteiger partial charge on any atom is 0.138 e. The van der Waals surface area contributed by atoms with E-state index < -0.39 is 0 Å². The topological polar surface area (TPSA) is 36.1 Å². The Kier molecular flexibility index (Phi) is 15.9. The molecular weight excluding hydrogens is 1130 g/mol. The quantitative estimate of drug-likeness (QED) is 0.164. The van der Waals surface area contributed by atoms with E-state index in [-0.39, 0.29) is 0 Å². The number of fused-ring (bicyclic) bond motifs is 18. The van der Waals surface area contributed by atoms with Crippen LogP contribution < -0.4 is 0 Å². The van der Waals surface area contributed by atoms with Gasteiger partial charge in [-0.1, -0.05) is 217 Å². The third-order valence-corrected chi connectivity index (χ3v) is 19.4. The Hall–Kier alpha value is -10.5. The smallest absolute Gasteiger partial charge is 0.138 e. The standard InChI is InChI=1S/C19H15N.C13H11N.2C13H10O.2C13H10S/c1-14-11-12-19-17(13-14)16-9-5-6-10-18(16)20(19)15-7-3-2-4-8-15;1-14-12-8-4-2-6-10(12)11-7-3-5-9-13(11)14;1-9-5-4-7-11-10-6-2-3-8-12(10)14-13(9)11;1-9-6-7-13-11(8-9)10-4-2-3-5-12(10)14-13;1-9-5-4-7-11-10-6-2-3-8-12(10)14-13(9)11;1-9-6-7-13-11(8-9)10-4-2-3-5-12(10)14-13/h2-13H,1H3;2-9H,1H3;4*2-8H,1H3. The summed E-state index contributed by atoms with van der Waals surface area (Å²) in [6.45, 7) is 10.6. The molecule has 19 aromatic rings. The Bertz CT molecular complexity index is 5460. The minimum absolute atomic E-state index is 0.966. The van der Waals surface area contributed by atoms with Crippen LogP contribution in [0.1, 0.15) is 27.8 Å². The summed E-state index contributed by atoms with van der Waals surface area (Å²) in [5.74, 6) is 0. The molecule has 4 nitrogen and oxygen atoms in total. The summed E-state index contributed by atoms with van der Waals surface area (Å²) >= 11 is 3.76. The van der Waals surface area contributed by atoms with Crippen molar-refractivity contribution in [1.29, 1.82) is 0 Å². The number of aryl methyl sites for hydroxylation is 6. The van der Waals surface area contributed by atoms with E-state index in [1.165, 1.54) is 139 Å². The largest absolute Gasteiger partial charge is 0.456 e. The van der Waals surface area contributed by atoms with Gasteiger partial charge in [-0.05, 0) is 137 Å². The number of benzene rings is 13. The Morgan fingerprint density at radius 2 is 0.689 bits per heavy atom. The monoisotopic (exact) mass is 1200 g/mol.